The summed E-state index contributed by atoms with van der Waals surface area (Å²) >= 11 is 0. The molecular weight excluding hydrogens is 400 g/mol. The van der Waals surface area contributed by atoms with Gasteiger partial charge in [-0.15, -0.1) is 0 Å². The van der Waals surface area contributed by atoms with Crippen molar-refractivity contribution in [1.29, 1.82) is 0 Å². The second kappa shape index (κ2) is 9.64. The summed E-state index contributed by atoms with van der Waals surface area (Å²) < 4.78 is 5.94. The highest BCUT2D eigenvalue weighted by molar-refractivity contribution is 5.89. The minimum atomic E-state index is -0.0799. The molecule has 3 heterocycles. The molecule has 0 bridgehead atoms. The monoisotopic (exact) mass is 428 g/mol. The zero-order valence-corrected chi connectivity index (χ0v) is 18.7. The third kappa shape index (κ3) is 5.52. The predicted octanol–water partition coefficient (Wildman–Crippen LogP) is 5.84. The van der Waals surface area contributed by atoms with Crippen molar-refractivity contribution >= 4 is 17.8 Å². The highest BCUT2D eigenvalue weighted by atomic mass is 16.5. The Labute approximate surface area is 189 Å². The molecule has 1 aliphatic rings. The molecule has 6 nitrogen and oxygen atoms in total. The zero-order chi connectivity index (χ0) is 22.5. The first kappa shape index (κ1) is 21.6. The quantitative estimate of drug-likeness (QED) is 0.567. The van der Waals surface area contributed by atoms with Crippen LogP contribution in [-0.4, -0.2) is 34.0 Å². The summed E-state index contributed by atoms with van der Waals surface area (Å²) in [6.07, 6.45) is 6.47. The number of likely N-dealkylation sites (tertiary alicyclic amines) is 1. The van der Waals surface area contributed by atoms with Crippen LogP contribution in [0.2, 0.25) is 0 Å². The van der Waals surface area contributed by atoms with Gasteiger partial charge in [0.05, 0.1) is 18.1 Å². The third-order valence-corrected chi connectivity index (χ3v) is 5.58. The minimum Gasteiger partial charge on any atom is -0.456 e. The highest BCUT2D eigenvalue weighted by Crippen LogP contribution is 2.28. The summed E-state index contributed by atoms with van der Waals surface area (Å²) in [7, 11) is 0. The number of hydrogen-bond donors (Lipinski definition) is 1. The van der Waals surface area contributed by atoms with Gasteiger partial charge in [-0.25, -0.2) is 4.79 Å². The van der Waals surface area contributed by atoms with E-state index in [0.717, 1.165) is 40.6 Å². The van der Waals surface area contributed by atoms with E-state index in [4.69, 9.17) is 4.74 Å². The number of nitrogens with zero attached hydrogens (tertiary/aromatic N) is 3. The van der Waals surface area contributed by atoms with Crippen molar-refractivity contribution in [2.75, 3.05) is 18.4 Å². The van der Waals surface area contributed by atoms with Gasteiger partial charge in [0, 0.05) is 24.5 Å². The van der Waals surface area contributed by atoms with Gasteiger partial charge in [0.1, 0.15) is 11.5 Å². The lowest BCUT2D eigenvalue weighted by Crippen LogP contribution is -2.42. The van der Waals surface area contributed by atoms with Crippen LogP contribution in [0.4, 0.5) is 10.5 Å². The highest BCUT2D eigenvalue weighted by Gasteiger charge is 2.24. The van der Waals surface area contributed by atoms with Gasteiger partial charge in [-0.3, -0.25) is 9.97 Å². The molecule has 32 heavy (non-hydrogen) atoms. The van der Waals surface area contributed by atoms with E-state index in [1.807, 2.05) is 61.2 Å². The first-order valence-corrected chi connectivity index (χ1v) is 10.9. The Kier molecular flexibility index (Phi) is 6.50. The molecule has 1 fully saturated rings. The fourth-order valence-electron chi connectivity index (χ4n) is 3.73. The maximum absolute atomic E-state index is 12.6. The normalized spacial score (nSPS) is 17.3. The van der Waals surface area contributed by atoms with Gasteiger partial charge in [-0.05, 0) is 68.1 Å². The van der Waals surface area contributed by atoms with Gasteiger partial charge in [0.15, 0.2) is 0 Å². The van der Waals surface area contributed by atoms with Gasteiger partial charge in [0.2, 0.25) is 0 Å². The van der Waals surface area contributed by atoms with E-state index in [0.29, 0.717) is 13.1 Å². The van der Waals surface area contributed by atoms with Gasteiger partial charge in [-0.2, -0.15) is 0 Å². The van der Waals surface area contributed by atoms with E-state index in [1.165, 1.54) is 5.57 Å². The van der Waals surface area contributed by atoms with Crippen LogP contribution in [0.25, 0.3) is 6.08 Å². The molecule has 0 radical (unpaired) electrons. The molecule has 2 aromatic heterocycles. The molecule has 1 unspecified atom stereocenters. The molecule has 1 saturated heterocycles. The number of carbonyl (C=O) groups excluding carboxylic acids is 1. The van der Waals surface area contributed by atoms with E-state index < -0.39 is 0 Å². The van der Waals surface area contributed by atoms with Crippen LogP contribution in [0.5, 0.6) is 11.5 Å². The predicted molar refractivity (Wildman–Crippen MR) is 127 cm³/mol. The summed E-state index contributed by atoms with van der Waals surface area (Å²) in [5, 5.41) is 2.94. The van der Waals surface area contributed by atoms with Gasteiger partial charge in [0.25, 0.3) is 0 Å². The van der Waals surface area contributed by atoms with Crippen LogP contribution >= 0.6 is 0 Å². The summed E-state index contributed by atoms with van der Waals surface area (Å²) in [6.45, 7) is 7.41. The molecule has 1 atom stereocenters. The van der Waals surface area contributed by atoms with E-state index in [1.54, 1.807) is 12.4 Å². The lowest BCUT2D eigenvalue weighted by Gasteiger charge is -2.33. The number of piperidine rings is 1. The average molecular weight is 429 g/mol. The van der Waals surface area contributed by atoms with Crippen molar-refractivity contribution in [3.8, 4) is 11.5 Å². The van der Waals surface area contributed by atoms with Gasteiger partial charge >= 0.3 is 6.03 Å². The number of pyridine rings is 2. The molecule has 2 amide bonds. The lowest BCUT2D eigenvalue weighted by molar-refractivity contribution is 0.198. The molecule has 164 valence electrons. The molecule has 0 aliphatic carbocycles. The summed E-state index contributed by atoms with van der Waals surface area (Å²) in [6, 6.07) is 15.6. The summed E-state index contributed by atoms with van der Waals surface area (Å²) in [5.74, 6) is 1.77. The van der Waals surface area contributed by atoms with Crippen molar-refractivity contribution in [2.24, 2.45) is 5.92 Å². The number of urea groups is 1. The lowest BCUT2D eigenvalue weighted by atomic mass is 9.91. The topological polar surface area (TPSA) is 67.4 Å². The fourth-order valence-corrected chi connectivity index (χ4v) is 3.73. The molecule has 6 heteroatoms. The van der Waals surface area contributed by atoms with Crippen LogP contribution in [-0.2, 0) is 0 Å². The Morgan fingerprint density at radius 1 is 1.06 bits per heavy atom. The number of aromatic nitrogens is 2. The van der Waals surface area contributed by atoms with Crippen LogP contribution in [0.3, 0.4) is 0 Å². The largest absolute Gasteiger partial charge is 0.456 e. The van der Waals surface area contributed by atoms with Crippen molar-refractivity contribution in [3.05, 3.63) is 83.4 Å². The maximum Gasteiger partial charge on any atom is 0.321 e. The summed E-state index contributed by atoms with van der Waals surface area (Å²) in [5.41, 5.74) is 5.03. The SMILES string of the molecule is Cc1ccc(NC(=O)N2CCC(=Cc3cccc(Oc4ccc(C)nc4)c3)C(C)C2)cn1. The van der Waals surface area contributed by atoms with Crippen molar-refractivity contribution in [1.82, 2.24) is 14.9 Å². The van der Waals surface area contributed by atoms with E-state index >= 15 is 0 Å². The number of anilines is 1. The maximum atomic E-state index is 12.6. The van der Waals surface area contributed by atoms with Crippen molar-refractivity contribution in [2.45, 2.75) is 27.2 Å². The Hall–Kier alpha value is -3.67. The molecule has 3 aromatic rings. The Morgan fingerprint density at radius 3 is 2.53 bits per heavy atom. The second-order valence-electron chi connectivity index (χ2n) is 8.24. The van der Waals surface area contributed by atoms with E-state index in [9.17, 15) is 4.79 Å². The van der Waals surface area contributed by atoms with Crippen LogP contribution in [0.1, 0.15) is 30.3 Å². The van der Waals surface area contributed by atoms with Crippen LogP contribution < -0.4 is 10.1 Å². The molecule has 1 N–H and O–H groups in total. The smallest absolute Gasteiger partial charge is 0.321 e. The molecule has 4 rings (SSSR count). The van der Waals surface area contributed by atoms with Gasteiger partial charge < -0.3 is 15.0 Å². The number of hydrogen-bond acceptors (Lipinski definition) is 4. The number of nitrogens with one attached hydrogen (secondary N) is 1. The van der Waals surface area contributed by atoms with E-state index in [2.05, 4.69) is 34.4 Å². The van der Waals surface area contributed by atoms with Crippen LogP contribution in [0, 0.1) is 19.8 Å². The first-order valence-electron chi connectivity index (χ1n) is 10.9. The molecule has 0 saturated carbocycles. The molecule has 0 spiro atoms. The zero-order valence-electron chi connectivity index (χ0n) is 18.7. The standard InChI is InChI=1S/C26H28N4O2/c1-18-17-30(26(31)29-23-9-7-19(2)27-15-23)12-11-22(18)13-21-5-4-6-24(14-21)32-25-10-8-20(3)28-16-25/h4-10,13-16,18H,11-12,17H2,1-3H3,(H,29,31). The number of aryl methyl sites for hydroxylation is 2. The Balaban J connectivity index is 1.38. The minimum absolute atomic E-state index is 0.0799. The van der Waals surface area contributed by atoms with Crippen molar-refractivity contribution < 1.29 is 9.53 Å². The molecule has 1 aromatic carbocycles. The van der Waals surface area contributed by atoms with E-state index in [-0.39, 0.29) is 11.9 Å². The Bertz CT molecular complexity index is 1110. The number of ether oxygens (including phenoxy) is 1. The van der Waals surface area contributed by atoms with Crippen LogP contribution in [0.15, 0.2) is 66.5 Å². The van der Waals surface area contributed by atoms with Gasteiger partial charge in [-0.1, -0.05) is 30.7 Å². The number of amides is 2. The molecule has 1 aliphatic heterocycles. The fraction of sp³-hybridized carbons (Fsp3) is 0.269. The first-order chi connectivity index (χ1) is 15.5. The molecular formula is C26H28N4O2. The number of rotatable bonds is 4. The number of carbonyl (C=O) groups is 1. The summed E-state index contributed by atoms with van der Waals surface area (Å²) in [4.78, 5) is 23.0. The number of benzene rings is 1. The Morgan fingerprint density at radius 2 is 1.84 bits per heavy atom. The van der Waals surface area contributed by atoms with Crippen molar-refractivity contribution in [3.63, 3.8) is 0 Å². The second-order valence-corrected chi connectivity index (χ2v) is 8.24. The average Bonchev–Trinajstić information content (AvgIpc) is 2.78. The third-order valence-electron chi connectivity index (χ3n) is 5.58.